The van der Waals surface area contributed by atoms with Crippen molar-refractivity contribution in [2.45, 2.75) is 26.9 Å². The van der Waals surface area contributed by atoms with Crippen LogP contribution in [0.1, 0.15) is 20.8 Å². The van der Waals surface area contributed by atoms with Crippen LogP contribution in [0.3, 0.4) is 0 Å². The van der Waals surface area contributed by atoms with Gasteiger partial charge in [0.2, 0.25) is 0 Å². The lowest BCUT2D eigenvalue weighted by Crippen LogP contribution is -2.25. The summed E-state index contributed by atoms with van der Waals surface area (Å²) in [5.41, 5.74) is 0.531. The molecule has 2 unspecified atom stereocenters. The van der Waals surface area contributed by atoms with E-state index >= 15 is 0 Å². The second-order valence-corrected chi connectivity index (χ2v) is 3.24. The molecule has 3 nitrogen and oxygen atoms in total. The Kier molecular flexibility index (Phi) is 2.27. The second-order valence-electron chi connectivity index (χ2n) is 3.24. The lowest BCUT2D eigenvalue weighted by atomic mass is 9.92. The number of carbonyl (C=O) groups excluding carboxylic acids is 1. The number of hydrogen-bond donors (Lipinski definition) is 0. The zero-order chi connectivity index (χ0) is 8.43. The highest BCUT2D eigenvalue weighted by Gasteiger charge is 2.32. The number of oxime groups is 1. The summed E-state index contributed by atoms with van der Waals surface area (Å²) in [6.45, 7) is 6.08. The monoisotopic (exact) mass is 155 g/mol. The maximum Gasteiger partial charge on any atom is 0.168 e. The van der Waals surface area contributed by atoms with Gasteiger partial charge < -0.3 is 4.84 Å². The number of carbonyl (C=O) groups is 1. The van der Waals surface area contributed by atoms with Crippen LogP contribution in [0.25, 0.3) is 0 Å². The van der Waals surface area contributed by atoms with Gasteiger partial charge in [-0.25, -0.2) is 0 Å². The standard InChI is InChI=1S/C8H13NO2/c1-5(2)8-6(3)7(4-10)9-11-8/h4-6,8H,1-3H3. The third-order valence-corrected chi connectivity index (χ3v) is 2.02. The molecule has 1 rings (SSSR count). The first-order valence-electron chi connectivity index (χ1n) is 3.85. The Morgan fingerprint density at radius 1 is 1.64 bits per heavy atom. The molecule has 1 aliphatic rings. The second kappa shape index (κ2) is 3.03. The Bertz CT molecular complexity index is 187. The van der Waals surface area contributed by atoms with Crippen LogP contribution in [0.2, 0.25) is 0 Å². The highest BCUT2D eigenvalue weighted by molar-refractivity contribution is 6.29. The van der Waals surface area contributed by atoms with Crippen molar-refractivity contribution in [1.29, 1.82) is 0 Å². The summed E-state index contributed by atoms with van der Waals surface area (Å²) in [5.74, 6) is 0.554. The first-order valence-corrected chi connectivity index (χ1v) is 3.85. The fraction of sp³-hybridized carbons (Fsp3) is 0.750. The van der Waals surface area contributed by atoms with Gasteiger partial charge in [0, 0.05) is 5.92 Å². The third-order valence-electron chi connectivity index (χ3n) is 2.02. The summed E-state index contributed by atoms with van der Waals surface area (Å²) in [5, 5.41) is 3.69. The number of aldehydes is 1. The predicted octanol–water partition coefficient (Wildman–Crippen LogP) is 1.23. The summed E-state index contributed by atoms with van der Waals surface area (Å²) in [6.07, 6.45) is 0.850. The molecule has 0 N–H and O–H groups in total. The summed E-state index contributed by atoms with van der Waals surface area (Å²) < 4.78 is 0. The summed E-state index contributed by atoms with van der Waals surface area (Å²) in [4.78, 5) is 15.5. The lowest BCUT2D eigenvalue weighted by molar-refractivity contribution is -0.102. The van der Waals surface area contributed by atoms with E-state index in [0.29, 0.717) is 11.6 Å². The molecule has 2 atom stereocenters. The number of nitrogens with zero attached hydrogens (tertiary/aromatic N) is 1. The van der Waals surface area contributed by atoms with Crippen molar-refractivity contribution in [2.24, 2.45) is 17.0 Å². The van der Waals surface area contributed by atoms with Crippen LogP contribution in [0.5, 0.6) is 0 Å². The van der Waals surface area contributed by atoms with E-state index in [1.165, 1.54) is 0 Å². The Morgan fingerprint density at radius 2 is 2.27 bits per heavy atom. The molecule has 0 aliphatic carbocycles. The molecule has 62 valence electrons. The van der Waals surface area contributed by atoms with E-state index in [1.54, 1.807) is 0 Å². The van der Waals surface area contributed by atoms with Gasteiger partial charge in [0.15, 0.2) is 6.29 Å². The van der Waals surface area contributed by atoms with Crippen LogP contribution >= 0.6 is 0 Å². The number of hydrogen-bond acceptors (Lipinski definition) is 3. The van der Waals surface area contributed by atoms with Gasteiger partial charge in [0.1, 0.15) is 11.8 Å². The Hall–Kier alpha value is -0.860. The maximum absolute atomic E-state index is 10.4. The SMILES string of the molecule is CC(C)C1ON=C(C=O)C1C. The van der Waals surface area contributed by atoms with Crippen molar-refractivity contribution in [1.82, 2.24) is 0 Å². The summed E-state index contributed by atoms with van der Waals surface area (Å²) >= 11 is 0. The molecule has 0 aromatic carbocycles. The van der Waals surface area contributed by atoms with Crippen LogP contribution in [-0.4, -0.2) is 18.1 Å². The predicted molar refractivity (Wildman–Crippen MR) is 42.4 cm³/mol. The van der Waals surface area contributed by atoms with Crippen LogP contribution in [0.4, 0.5) is 0 Å². The fourth-order valence-corrected chi connectivity index (χ4v) is 1.29. The molecular weight excluding hydrogens is 142 g/mol. The van der Waals surface area contributed by atoms with E-state index in [9.17, 15) is 4.79 Å². The maximum atomic E-state index is 10.4. The van der Waals surface area contributed by atoms with Crippen molar-refractivity contribution in [2.75, 3.05) is 0 Å². The van der Waals surface area contributed by atoms with E-state index in [1.807, 2.05) is 6.92 Å². The van der Waals surface area contributed by atoms with Crippen molar-refractivity contribution in [3.8, 4) is 0 Å². The Balaban J connectivity index is 2.63. The van der Waals surface area contributed by atoms with Gasteiger partial charge >= 0.3 is 0 Å². The van der Waals surface area contributed by atoms with E-state index < -0.39 is 0 Å². The summed E-state index contributed by atoms with van der Waals surface area (Å²) in [6, 6.07) is 0. The smallest absolute Gasteiger partial charge is 0.168 e. The molecule has 0 bridgehead atoms. The highest BCUT2D eigenvalue weighted by Crippen LogP contribution is 2.23. The largest absolute Gasteiger partial charge is 0.391 e. The molecule has 1 heterocycles. The first-order chi connectivity index (χ1) is 5.16. The molecule has 0 saturated carbocycles. The quantitative estimate of drug-likeness (QED) is 0.562. The minimum Gasteiger partial charge on any atom is -0.391 e. The van der Waals surface area contributed by atoms with Gasteiger partial charge in [-0.1, -0.05) is 25.9 Å². The summed E-state index contributed by atoms with van der Waals surface area (Å²) in [7, 11) is 0. The van der Waals surface area contributed by atoms with Gasteiger partial charge in [-0.3, -0.25) is 4.79 Å². The van der Waals surface area contributed by atoms with Crippen LogP contribution in [0, 0.1) is 11.8 Å². The number of rotatable bonds is 2. The van der Waals surface area contributed by atoms with E-state index in [-0.39, 0.29) is 12.0 Å². The molecule has 0 aromatic heterocycles. The van der Waals surface area contributed by atoms with Gasteiger partial charge in [-0.05, 0) is 5.92 Å². The van der Waals surface area contributed by atoms with Crippen molar-refractivity contribution < 1.29 is 9.63 Å². The van der Waals surface area contributed by atoms with Gasteiger partial charge in [-0.15, -0.1) is 0 Å². The van der Waals surface area contributed by atoms with Crippen LogP contribution < -0.4 is 0 Å². The molecule has 0 radical (unpaired) electrons. The lowest BCUT2D eigenvalue weighted by Gasteiger charge is -2.16. The molecule has 0 saturated heterocycles. The molecular formula is C8H13NO2. The topological polar surface area (TPSA) is 38.7 Å². The Morgan fingerprint density at radius 3 is 2.55 bits per heavy atom. The highest BCUT2D eigenvalue weighted by atomic mass is 16.6. The fourth-order valence-electron chi connectivity index (χ4n) is 1.29. The van der Waals surface area contributed by atoms with Crippen molar-refractivity contribution in [3.63, 3.8) is 0 Å². The average molecular weight is 155 g/mol. The molecule has 3 heteroatoms. The van der Waals surface area contributed by atoms with E-state index in [4.69, 9.17) is 4.84 Å². The molecule has 0 fully saturated rings. The van der Waals surface area contributed by atoms with Gasteiger partial charge in [0.25, 0.3) is 0 Å². The molecule has 0 aromatic rings. The van der Waals surface area contributed by atoms with E-state index in [0.717, 1.165) is 6.29 Å². The van der Waals surface area contributed by atoms with Crippen molar-refractivity contribution >= 4 is 12.0 Å². The Labute approximate surface area is 66.4 Å². The molecule has 11 heavy (non-hydrogen) atoms. The van der Waals surface area contributed by atoms with Gasteiger partial charge in [0.05, 0.1) is 0 Å². The minimum absolute atomic E-state index is 0.0789. The third kappa shape index (κ3) is 1.42. The zero-order valence-corrected chi connectivity index (χ0v) is 7.07. The first kappa shape index (κ1) is 8.24. The van der Waals surface area contributed by atoms with Gasteiger partial charge in [-0.2, -0.15) is 0 Å². The minimum atomic E-state index is 0.0789. The van der Waals surface area contributed by atoms with Crippen LogP contribution in [-0.2, 0) is 9.63 Å². The molecule has 1 aliphatic heterocycles. The van der Waals surface area contributed by atoms with E-state index in [2.05, 4.69) is 19.0 Å². The van der Waals surface area contributed by atoms with Crippen LogP contribution in [0.15, 0.2) is 5.16 Å². The molecule has 0 spiro atoms. The molecule has 0 amide bonds. The zero-order valence-electron chi connectivity index (χ0n) is 7.07. The van der Waals surface area contributed by atoms with Crippen molar-refractivity contribution in [3.05, 3.63) is 0 Å². The average Bonchev–Trinajstić information content (AvgIpc) is 2.30. The normalized spacial score (nSPS) is 30.0.